The molecule has 3 rings (SSSR count). The SMILES string of the molecule is CC/C=C\C/C=C\C/C=C\C/C=C\C/C=C\C/C=C\CCCCCCCCCCCCCCCCC(=O)NC(COC1OC(CO)C(OC2OC(CO)C(OC3OC(CO)C(O)C(O)C3O)C(O)C2O)C(O)C1O)C(O)CCCCCCCCCCCCCCCCCCCCCCCCCCCC. The first kappa shape index (κ1) is 95.4. The van der Waals surface area contributed by atoms with Crippen molar-refractivity contribution >= 4 is 5.91 Å². The van der Waals surface area contributed by atoms with E-state index in [9.17, 15) is 61.0 Å². The Bertz CT molecular complexity index is 2160. The lowest BCUT2D eigenvalue weighted by atomic mass is 9.96. The van der Waals surface area contributed by atoms with E-state index in [0.29, 0.717) is 12.8 Å². The van der Waals surface area contributed by atoms with Crippen LogP contribution in [0.1, 0.15) is 328 Å². The van der Waals surface area contributed by atoms with Crippen molar-refractivity contribution in [2.75, 3.05) is 26.4 Å². The van der Waals surface area contributed by atoms with Gasteiger partial charge in [-0.3, -0.25) is 4.79 Å². The third-order valence-electron chi connectivity index (χ3n) is 20.8. The van der Waals surface area contributed by atoms with E-state index in [1.807, 2.05) is 0 Å². The highest BCUT2D eigenvalue weighted by Gasteiger charge is 2.54. The molecular formula is C85H153NO18. The molecule has 3 aliphatic heterocycles. The monoisotopic (exact) mass is 1480 g/mol. The summed E-state index contributed by atoms with van der Waals surface area (Å²) in [4.78, 5) is 13.5. The van der Waals surface area contributed by atoms with Gasteiger partial charge in [-0.25, -0.2) is 0 Å². The Kier molecular flexibility index (Phi) is 59.6. The van der Waals surface area contributed by atoms with Gasteiger partial charge in [0.25, 0.3) is 0 Å². The van der Waals surface area contributed by atoms with Gasteiger partial charge >= 0.3 is 0 Å². The van der Waals surface area contributed by atoms with Crippen molar-refractivity contribution in [2.24, 2.45) is 0 Å². The molecule has 19 heteroatoms. The summed E-state index contributed by atoms with van der Waals surface area (Å²) in [6, 6.07) is -0.893. The van der Waals surface area contributed by atoms with E-state index in [1.54, 1.807) is 0 Å². The highest BCUT2D eigenvalue weighted by atomic mass is 16.8. The molecule has 0 radical (unpaired) electrons. The number of aliphatic hydroxyl groups excluding tert-OH is 11. The number of carbonyl (C=O) groups is 1. The van der Waals surface area contributed by atoms with Gasteiger partial charge in [-0.1, -0.05) is 331 Å². The minimum atomic E-state index is -1.98. The summed E-state index contributed by atoms with van der Waals surface area (Å²) in [5.74, 6) is -0.241. The zero-order valence-corrected chi connectivity index (χ0v) is 65.0. The molecule has 17 atom stereocenters. The van der Waals surface area contributed by atoms with Crippen LogP contribution < -0.4 is 5.32 Å². The topological polar surface area (TPSA) is 307 Å². The molecule has 12 N–H and O–H groups in total. The summed E-state index contributed by atoms with van der Waals surface area (Å²) in [6.45, 7) is 1.73. The molecule has 104 heavy (non-hydrogen) atoms. The molecule has 0 aromatic carbocycles. The second kappa shape index (κ2) is 65.0. The van der Waals surface area contributed by atoms with E-state index in [2.05, 4.69) is 92.1 Å². The van der Waals surface area contributed by atoms with Gasteiger partial charge in [-0.2, -0.15) is 0 Å². The van der Waals surface area contributed by atoms with Crippen LogP contribution in [-0.4, -0.2) is 193 Å². The van der Waals surface area contributed by atoms with Crippen LogP contribution in [0.5, 0.6) is 0 Å². The molecule has 3 fully saturated rings. The average Bonchev–Trinajstić information content (AvgIpc) is 0.783. The van der Waals surface area contributed by atoms with Gasteiger partial charge in [0.15, 0.2) is 18.9 Å². The van der Waals surface area contributed by atoms with E-state index < -0.39 is 124 Å². The number of hydrogen-bond acceptors (Lipinski definition) is 18. The van der Waals surface area contributed by atoms with Crippen molar-refractivity contribution < 1.29 is 89.4 Å². The van der Waals surface area contributed by atoms with E-state index in [-0.39, 0.29) is 18.9 Å². The molecule has 0 aromatic rings. The molecule has 3 saturated heterocycles. The Morgan fingerprint density at radius 3 is 1.04 bits per heavy atom. The minimum Gasteiger partial charge on any atom is -0.394 e. The molecule has 0 spiro atoms. The Balaban J connectivity index is 1.35. The van der Waals surface area contributed by atoms with Crippen molar-refractivity contribution in [3.63, 3.8) is 0 Å². The molecule has 606 valence electrons. The molecule has 1 amide bonds. The Morgan fingerprint density at radius 1 is 0.356 bits per heavy atom. The number of ether oxygens (including phenoxy) is 6. The molecule has 0 aromatic heterocycles. The first-order chi connectivity index (χ1) is 50.8. The standard InChI is InChI=1S/C85H153NO18/c1-3-5-7-9-11-13-15-17-19-21-23-25-27-29-31-32-33-34-35-36-37-39-41-43-45-47-49-51-53-55-57-59-61-63-73(91)86-68(69(90)62-60-58-56-54-52-50-48-46-44-42-40-38-30-28-26-24-22-20-18-16-14-12-10-8-6-4-2)67-99-83-79(97)76(94)81(71(65-88)101-83)104-85-80(98)77(95)82(72(66-89)102-85)103-84-78(96)75(93)74(92)70(64-87)100-84/h5,7,11,13,17,19,23,25,29,31,33-34,68-72,74-85,87-90,92-98H,3-4,6,8-10,12,14-16,18,20-22,24,26-28,30,32,35-67H2,1-2H3,(H,86,91)/b7-5-,13-11-,19-17-,25-23-,31-29-,34-33-. The fourth-order valence-corrected chi connectivity index (χ4v) is 14.1. The summed E-state index contributed by atoms with van der Waals surface area (Å²) in [7, 11) is 0. The number of rotatable bonds is 67. The number of amides is 1. The van der Waals surface area contributed by atoms with Crippen LogP contribution in [0.3, 0.4) is 0 Å². The number of hydrogen-bond donors (Lipinski definition) is 12. The van der Waals surface area contributed by atoms with Crippen LogP contribution in [0.4, 0.5) is 0 Å². The summed E-state index contributed by atoms with van der Waals surface area (Å²) in [6.07, 6.45) is 58.4. The fraction of sp³-hybridized carbons (Fsp3) is 0.847. The third-order valence-corrected chi connectivity index (χ3v) is 20.8. The number of aliphatic hydroxyl groups is 11. The van der Waals surface area contributed by atoms with Crippen LogP contribution in [0.2, 0.25) is 0 Å². The maximum absolute atomic E-state index is 13.5. The lowest BCUT2D eigenvalue weighted by molar-refractivity contribution is -0.379. The number of unbranched alkanes of at least 4 members (excludes halogenated alkanes) is 39. The third kappa shape index (κ3) is 44.2. The maximum atomic E-state index is 13.5. The van der Waals surface area contributed by atoms with E-state index in [4.69, 9.17) is 28.4 Å². The zero-order valence-electron chi connectivity index (χ0n) is 65.0. The number of allylic oxidation sites excluding steroid dienone is 12. The highest BCUT2D eigenvalue weighted by molar-refractivity contribution is 5.76. The first-order valence-corrected chi connectivity index (χ1v) is 42.2. The van der Waals surface area contributed by atoms with Crippen molar-refractivity contribution in [1.29, 1.82) is 0 Å². The second-order valence-electron chi connectivity index (χ2n) is 29.9. The summed E-state index contributed by atoms with van der Waals surface area (Å²) < 4.78 is 34.6. The lowest BCUT2D eigenvalue weighted by Crippen LogP contribution is -2.66. The average molecular weight is 1480 g/mol. The van der Waals surface area contributed by atoms with Crippen molar-refractivity contribution in [3.8, 4) is 0 Å². The maximum Gasteiger partial charge on any atom is 0.220 e. The van der Waals surface area contributed by atoms with Gasteiger partial charge in [-0.05, 0) is 64.2 Å². The molecule has 17 unspecified atom stereocenters. The normalized spacial score (nSPS) is 26.3. The fourth-order valence-electron chi connectivity index (χ4n) is 14.1. The van der Waals surface area contributed by atoms with Crippen LogP contribution in [0, 0.1) is 0 Å². The van der Waals surface area contributed by atoms with Gasteiger partial charge in [0.05, 0.1) is 38.6 Å². The summed E-state index contributed by atoms with van der Waals surface area (Å²) >= 11 is 0. The summed E-state index contributed by atoms with van der Waals surface area (Å²) in [5.41, 5.74) is 0. The van der Waals surface area contributed by atoms with Gasteiger partial charge < -0.3 is 89.9 Å². The lowest BCUT2D eigenvalue weighted by Gasteiger charge is -2.48. The number of carbonyl (C=O) groups excluding carboxylic acids is 1. The van der Waals surface area contributed by atoms with Crippen molar-refractivity contribution in [2.45, 2.75) is 433 Å². The minimum absolute atomic E-state index is 0.241. The van der Waals surface area contributed by atoms with E-state index >= 15 is 0 Å². The van der Waals surface area contributed by atoms with Gasteiger partial charge in [0.2, 0.25) is 5.91 Å². The predicted octanol–water partition coefficient (Wildman–Crippen LogP) is 14.8. The van der Waals surface area contributed by atoms with Crippen molar-refractivity contribution in [1.82, 2.24) is 5.32 Å². The Labute approximate surface area is 629 Å². The van der Waals surface area contributed by atoms with Crippen molar-refractivity contribution in [3.05, 3.63) is 72.9 Å². The van der Waals surface area contributed by atoms with E-state index in [0.717, 1.165) is 89.9 Å². The molecule has 0 saturated carbocycles. The predicted molar refractivity (Wildman–Crippen MR) is 415 cm³/mol. The molecule has 0 bridgehead atoms. The second-order valence-corrected chi connectivity index (χ2v) is 29.9. The van der Waals surface area contributed by atoms with Gasteiger partial charge in [-0.15, -0.1) is 0 Å². The van der Waals surface area contributed by atoms with Crippen LogP contribution in [0.25, 0.3) is 0 Å². The van der Waals surface area contributed by atoms with Crippen LogP contribution >= 0.6 is 0 Å². The van der Waals surface area contributed by atoms with Gasteiger partial charge in [0, 0.05) is 6.42 Å². The van der Waals surface area contributed by atoms with Gasteiger partial charge in [0.1, 0.15) is 73.2 Å². The highest BCUT2D eigenvalue weighted by Crippen LogP contribution is 2.33. The van der Waals surface area contributed by atoms with Crippen LogP contribution in [-0.2, 0) is 33.2 Å². The largest absolute Gasteiger partial charge is 0.394 e. The Hall–Kier alpha value is -2.77. The first-order valence-electron chi connectivity index (χ1n) is 42.2. The number of nitrogens with one attached hydrogen (secondary N) is 1. The quantitative estimate of drug-likeness (QED) is 0.0199. The zero-order chi connectivity index (χ0) is 75.3. The smallest absolute Gasteiger partial charge is 0.220 e. The Morgan fingerprint density at radius 2 is 0.663 bits per heavy atom. The van der Waals surface area contributed by atoms with Crippen LogP contribution in [0.15, 0.2) is 72.9 Å². The molecule has 0 aliphatic carbocycles. The molecule has 19 nitrogen and oxygen atoms in total. The van der Waals surface area contributed by atoms with E-state index in [1.165, 1.54) is 205 Å². The molecule has 3 heterocycles. The summed E-state index contributed by atoms with van der Waals surface area (Å²) in [5, 5.41) is 121. The molecular weight excluding hydrogens is 1320 g/mol. The molecule has 3 aliphatic rings.